The van der Waals surface area contributed by atoms with E-state index in [0.717, 1.165) is 59.3 Å². The van der Waals surface area contributed by atoms with Crippen LogP contribution in [0, 0.1) is 33.1 Å². The molecule has 6 aromatic carbocycles. The van der Waals surface area contributed by atoms with Crippen LogP contribution in [-0.2, 0) is 48.2 Å². The molecule has 618 valence electrons. The number of anilines is 6. The summed E-state index contributed by atoms with van der Waals surface area (Å²) in [5.74, 6) is 1.89. The van der Waals surface area contributed by atoms with E-state index in [9.17, 15) is 67.4 Å². The first kappa shape index (κ1) is 87.9. The quantitative estimate of drug-likeness (QED) is 0.0150. The van der Waals surface area contributed by atoms with Crippen molar-refractivity contribution in [1.29, 1.82) is 0 Å². The van der Waals surface area contributed by atoms with E-state index >= 15 is 0 Å². The highest BCUT2D eigenvalue weighted by molar-refractivity contribution is 7.90. The summed E-state index contributed by atoms with van der Waals surface area (Å²) in [6.45, 7) is 18.5. The van der Waals surface area contributed by atoms with Gasteiger partial charge < -0.3 is 55.1 Å². The number of hydrogen-bond acceptors (Lipinski definition) is 22. The van der Waals surface area contributed by atoms with Crippen LogP contribution in [0.25, 0.3) is 50.2 Å². The van der Waals surface area contributed by atoms with Gasteiger partial charge in [-0.3, -0.25) is 14.4 Å². The number of aromatic nitrogens is 9. The van der Waals surface area contributed by atoms with Gasteiger partial charge in [-0.25, -0.2) is 33.3 Å². The van der Waals surface area contributed by atoms with Gasteiger partial charge in [0.25, 0.3) is 23.7 Å². The first-order valence-electron chi connectivity index (χ1n) is 36.2. The van der Waals surface area contributed by atoms with E-state index in [0.29, 0.717) is 153 Å². The Balaban J connectivity index is 0.000000180. The molecule has 3 aliphatic heterocycles. The molecular formula is C80H79F9N18O10S. The van der Waals surface area contributed by atoms with Crippen LogP contribution in [0.4, 0.5) is 80.0 Å². The summed E-state index contributed by atoms with van der Waals surface area (Å²) in [6, 6.07) is 32.9. The number of aliphatic hydroxyl groups is 2. The molecule has 0 atom stereocenters. The molecule has 5 N–H and O–H groups in total. The van der Waals surface area contributed by atoms with Crippen LogP contribution in [-0.4, -0.2) is 172 Å². The van der Waals surface area contributed by atoms with Gasteiger partial charge in [-0.1, -0.05) is 47.5 Å². The summed E-state index contributed by atoms with van der Waals surface area (Å²) >= 11 is 0. The third kappa shape index (κ3) is 23.9. The summed E-state index contributed by atoms with van der Waals surface area (Å²) < 4.78 is 160. The predicted octanol–water partition coefficient (Wildman–Crippen LogP) is 14.2. The van der Waals surface area contributed by atoms with E-state index in [4.69, 9.17) is 41.2 Å². The summed E-state index contributed by atoms with van der Waals surface area (Å²) in [6.07, 6.45) is -6.31. The fourth-order valence-electron chi connectivity index (χ4n) is 11.6. The van der Waals surface area contributed by atoms with E-state index in [2.05, 4.69) is 67.0 Å². The van der Waals surface area contributed by atoms with Crippen molar-refractivity contribution in [3.8, 4) is 52.1 Å². The number of alkyl halides is 9. The molecule has 3 fully saturated rings. The number of azide groups is 1. The lowest BCUT2D eigenvalue weighted by atomic mass is 10.0. The number of nitrogens with zero attached hydrogens (tertiary/aromatic N) is 15. The Kier molecular flexibility index (Phi) is 27.7. The van der Waals surface area contributed by atoms with Crippen LogP contribution in [0.3, 0.4) is 0 Å². The largest absolute Gasteiger partial charge is 0.416 e. The number of sulfone groups is 1. The van der Waals surface area contributed by atoms with Gasteiger partial charge in [-0.05, 0) is 167 Å². The average Bonchev–Trinajstić information content (AvgIpc) is 1.79. The van der Waals surface area contributed by atoms with Crippen molar-refractivity contribution in [2.75, 3.05) is 116 Å². The zero-order chi connectivity index (χ0) is 85.7. The SMILES string of the molecule is C#CC(C)(C)O.Cc1ccc(NC(=O)c2cccc(C(F)(F)F)c2)cc1-c1cc(N2CCOCC2)nc(-n2cc(C(C)(C)O)nn2)n1.Cc1ccc(NC(=O)c2cccc(C(F)(F)F)c2)cc1-c1cc(N2CCOCC2)nc(N=[N+]=[N-])n1.Cc1ccc(NC(=O)c2cccc(C(F)(F)F)c2)cc1-c1cc(N2CCOCC2)nc(S(C)(=O)=O)n1. The number of ether oxygens (including phenoxy) is 3. The van der Waals surface area contributed by atoms with Crippen LogP contribution in [0.2, 0.25) is 0 Å². The van der Waals surface area contributed by atoms with Gasteiger partial charge in [0, 0.05) is 119 Å². The number of amides is 3. The maximum Gasteiger partial charge on any atom is 0.416 e. The fraction of sp³-hybridized carbons (Fsp3) is 0.312. The zero-order valence-corrected chi connectivity index (χ0v) is 65.5. The molecule has 0 bridgehead atoms. The normalized spacial score (nSPS) is 14.0. The Morgan fingerprint density at radius 2 is 0.856 bits per heavy atom. The van der Waals surface area contributed by atoms with Crippen molar-refractivity contribution in [2.24, 2.45) is 5.11 Å². The van der Waals surface area contributed by atoms with Gasteiger partial charge in [-0.15, -0.1) is 11.5 Å². The van der Waals surface area contributed by atoms with Gasteiger partial charge in [0.1, 0.15) is 34.3 Å². The van der Waals surface area contributed by atoms with Gasteiger partial charge >= 0.3 is 18.5 Å². The second-order valence-electron chi connectivity index (χ2n) is 28.0. The van der Waals surface area contributed by atoms with Crippen molar-refractivity contribution >= 4 is 68.0 Å². The molecule has 28 nitrogen and oxygen atoms in total. The molecule has 118 heavy (non-hydrogen) atoms. The maximum atomic E-state index is 13.1. The lowest BCUT2D eigenvalue weighted by Gasteiger charge is -2.28. The number of hydrogen-bond donors (Lipinski definition) is 5. The molecule has 3 saturated heterocycles. The first-order valence-corrected chi connectivity index (χ1v) is 38.0. The lowest BCUT2D eigenvalue weighted by molar-refractivity contribution is -0.138. The Bertz CT molecular complexity index is 5530. The number of carbonyl (C=O) groups excluding carboxylic acids is 3. The summed E-state index contributed by atoms with van der Waals surface area (Å²) in [5.41, 5.74) is 10.6. The molecule has 0 aliphatic carbocycles. The van der Waals surface area contributed by atoms with Crippen LogP contribution in [0.15, 0.2) is 162 Å². The minimum atomic E-state index is -4.57. The third-order valence-electron chi connectivity index (χ3n) is 17.9. The minimum absolute atomic E-state index is 0.0516. The Morgan fingerprint density at radius 1 is 0.508 bits per heavy atom. The topological polar surface area (TPSA) is 356 Å². The van der Waals surface area contributed by atoms with Crippen LogP contribution in [0.5, 0.6) is 0 Å². The van der Waals surface area contributed by atoms with Crippen molar-refractivity contribution in [3.05, 3.63) is 218 Å². The standard InChI is InChI=1S/C28H28F3N7O3.C24H23F3N4O4S.C23H20F3N7O2.C5H8O/c1-17-7-8-20(32-25(39)18-5-4-6-19(13-18)28(29,30)31)14-21(17)22-15-24(37-9-11-41-12-10-37)34-26(33-22)38-16-23(35-36-38)27(2,3)40;1-15-6-7-18(28-22(32)16-4-3-5-17(12-16)24(25,26)27)13-19(15)20-14-21(31-8-10-35-11-9-31)30-23(29-20)36(2,33)34;1-14-5-6-17(28-21(34)15-3-2-4-16(11-15)23(24,25)26)12-18(14)19-13-20(30-22(29-19)31-32-27)33-7-9-35-10-8-33;1-4-5(2,3)6/h4-8,13-16,40H,9-12H2,1-3H3,(H,32,39);3-7,12-14H,8-11H2,1-2H3,(H,28,32);2-6,11-13H,7-10H2,1H3,(H,28,34);1,6H,2-3H3. The summed E-state index contributed by atoms with van der Waals surface area (Å²) in [7, 11) is -3.73. The highest BCUT2D eigenvalue weighted by Gasteiger charge is 2.34. The fourth-order valence-corrected chi connectivity index (χ4v) is 12.1. The molecule has 0 spiro atoms. The number of aryl methyl sites for hydroxylation is 3. The molecular weight excluding hydrogens is 1580 g/mol. The molecule has 0 unspecified atom stereocenters. The van der Waals surface area contributed by atoms with Crippen molar-refractivity contribution in [2.45, 2.75) is 83.4 Å². The van der Waals surface area contributed by atoms with Gasteiger partial charge in [-0.2, -0.15) is 49.2 Å². The smallest absolute Gasteiger partial charge is 0.384 e. The van der Waals surface area contributed by atoms with Crippen molar-refractivity contribution in [3.63, 3.8) is 0 Å². The number of terminal acetylenes is 1. The molecule has 0 radical (unpaired) electrons. The molecule has 7 heterocycles. The van der Waals surface area contributed by atoms with Crippen LogP contribution >= 0.6 is 0 Å². The number of carbonyl (C=O) groups is 3. The van der Waals surface area contributed by atoms with Gasteiger partial charge in [0.15, 0.2) is 0 Å². The second kappa shape index (κ2) is 37.2. The van der Waals surface area contributed by atoms with Gasteiger partial charge in [0.05, 0.1) is 79.6 Å². The summed E-state index contributed by atoms with van der Waals surface area (Å²) in [5, 5.41) is 38.2. The van der Waals surface area contributed by atoms with Crippen molar-refractivity contribution in [1.82, 2.24) is 44.9 Å². The molecule has 0 saturated carbocycles. The highest BCUT2D eigenvalue weighted by Crippen LogP contribution is 2.37. The molecule has 3 amide bonds. The first-order chi connectivity index (χ1) is 55.6. The Hall–Kier alpha value is -12.5. The average molecular weight is 1660 g/mol. The number of morpholine rings is 3. The van der Waals surface area contributed by atoms with Crippen LogP contribution < -0.4 is 30.7 Å². The predicted molar refractivity (Wildman–Crippen MR) is 421 cm³/mol. The van der Waals surface area contributed by atoms with E-state index in [1.807, 2.05) is 29.7 Å². The number of halogens is 9. The number of benzene rings is 6. The molecule has 10 aromatic rings. The van der Waals surface area contributed by atoms with E-state index in [1.54, 1.807) is 108 Å². The minimum Gasteiger partial charge on any atom is -0.384 e. The maximum absolute atomic E-state index is 13.1. The molecule has 13 rings (SSSR count). The van der Waals surface area contributed by atoms with E-state index in [-0.39, 0.29) is 33.7 Å². The number of rotatable bonds is 16. The molecule has 3 aliphatic rings. The highest BCUT2D eigenvalue weighted by atomic mass is 32.2. The Labute approximate surface area is 671 Å². The Morgan fingerprint density at radius 3 is 1.19 bits per heavy atom. The molecule has 38 heteroatoms. The monoisotopic (exact) mass is 1650 g/mol. The second-order valence-corrected chi connectivity index (χ2v) is 29.9. The zero-order valence-electron chi connectivity index (χ0n) is 64.7. The summed E-state index contributed by atoms with van der Waals surface area (Å²) in [4.78, 5) is 73.4. The third-order valence-corrected chi connectivity index (χ3v) is 18.8. The van der Waals surface area contributed by atoms with Gasteiger partial charge in [0.2, 0.25) is 20.9 Å². The van der Waals surface area contributed by atoms with Crippen molar-refractivity contribution < 1.29 is 86.7 Å². The lowest BCUT2D eigenvalue weighted by Crippen LogP contribution is -2.37. The number of nitrogens with one attached hydrogen (secondary N) is 3. The molecule has 4 aromatic heterocycles. The van der Waals surface area contributed by atoms with E-state index in [1.165, 1.54) is 41.1 Å². The van der Waals surface area contributed by atoms with E-state index < -0.39 is 74.0 Å². The van der Waals surface area contributed by atoms with Crippen LogP contribution in [0.1, 0.15) is 97.8 Å².